The van der Waals surface area contributed by atoms with Crippen LogP contribution in [0.25, 0.3) is 0 Å². The van der Waals surface area contributed by atoms with Gasteiger partial charge in [0.1, 0.15) is 5.75 Å². The quantitative estimate of drug-likeness (QED) is 0.458. The molecule has 1 aromatic carbocycles. The van der Waals surface area contributed by atoms with Gasteiger partial charge in [0.05, 0.1) is 19.2 Å². The van der Waals surface area contributed by atoms with Gasteiger partial charge in [0, 0.05) is 17.2 Å². The average Bonchev–Trinajstić information content (AvgIpc) is 2.45. The van der Waals surface area contributed by atoms with Crippen LogP contribution in [0.4, 0.5) is 0 Å². The van der Waals surface area contributed by atoms with E-state index in [0.29, 0.717) is 17.8 Å². The third-order valence-electron chi connectivity index (χ3n) is 3.20. The van der Waals surface area contributed by atoms with Crippen molar-refractivity contribution in [1.82, 2.24) is 5.32 Å². The number of rotatable bonds is 4. The highest BCUT2D eigenvalue weighted by atomic mass is 127. The van der Waals surface area contributed by atoms with Crippen molar-refractivity contribution >= 4 is 41.7 Å². The Labute approximate surface area is 142 Å². The Kier molecular flexibility index (Phi) is 7.50. The van der Waals surface area contributed by atoms with Gasteiger partial charge in [-0.3, -0.25) is 4.99 Å². The van der Waals surface area contributed by atoms with Crippen molar-refractivity contribution < 1.29 is 4.74 Å². The average molecular weight is 407 g/mol. The number of thioether (sulfide) groups is 1. The van der Waals surface area contributed by atoms with Gasteiger partial charge in [-0.2, -0.15) is 11.8 Å². The summed E-state index contributed by atoms with van der Waals surface area (Å²) in [6, 6.07) is 8.26. The molecule has 0 bridgehead atoms. The van der Waals surface area contributed by atoms with Crippen LogP contribution in [0.2, 0.25) is 0 Å². The molecule has 1 heterocycles. The molecule has 2 rings (SSSR count). The van der Waals surface area contributed by atoms with Gasteiger partial charge in [0.2, 0.25) is 0 Å². The van der Waals surface area contributed by atoms with Crippen LogP contribution >= 0.6 is 35.7 Å². The summed E-state index contributed by atoms with van der Waals surface area (Å²) < 4.78 is 5.63. The van der Waals surface area contributed by atoms with Crippen molar-refractivity contribution in [1.29, 1.82) is 0 Å². The summed E-state index contributed by atoms with van der Waals surface area (Å²) in [4.78, 5) is 4.38. The number of nitrogens with one attached hydrogen (secondary N) is 1. The highest BCUT2D eigenvalue weighted by Gasteiger charge is 2.21. The predicted molar refractivity (Wildman–Crippen MR) is 97.3 cm³/mol. The molecule has 0 saturated carbocycles. The van der Waals surface area contributed by atoms with E-state index in [0.717, 1.165) is 24.3 Å². The van der Waals surface area contributed by atoms with Crippen LogP contribution in [0, 0.1) is 0 Å². The second-order valence-corrected chi connectivity index (χ2v) is 5.92. The van der Waals surface area contributed by atoms with Crippen LogP contribution in [-0.4, -0.2) is 30.6 Å². The number of nitrogens with two attached hydrogens (primary N) is 1. The number of para-hydroxylation sites is 1. The molecule has 2 atom stereocenters. The maximum Gasteiger partial charge on any atom is 0.189 e. The Morgan fingerprint density at radius 1 is 1.55 bits per heavy atom. The number of ether oxygens (including phenoxy) is 1. The van der Waals surface area contributed by atoms with E-state index in [1.807, 2.05) is 18.2 Å². The van der Waals surface area contributed by atoms with Gasteiger partial charge in [-0.25, -0.2) is 0 Å². The molecule has 4 nitrogen and oxygen atoms in total. The number of guanidine groups is 1. The van der Waals surface area contributed by atoms with Crippen LogP contribution < -0.4 is 15.8 Å². The molecule has 20 heavy (non-hydrogen) atoms. The lowest BCUT2D eigenvalue weighted by Gasteiger charge is -2.27. The molecular weight excluding hydrogens is 385 g/mol. The second-order valence-electron chi connectivity index (χ2n) is 4.64. The minimum Gasteiger partial charge on any atom is -0.493 e. The van der Waals surface area contributed by atoms with E-state index in [9.17, 15) is 0 Å². The first-order valence-corrected chi connectivity index (χ1v) is 7.80. The Bertz CT molecular complexity index is 456. The van der Waals surface area contributed by atoms with Crippen LogP contribution in [0.15, 0.2) is 29.3 Å². The second kappa shape index (κ2) is 8.61. The maximum atomic E-state index is 5.95. The van der Waals surface area contributed by atoms with E-state index in [2.05, 4.69) is 29.6 Å². The lowest BCUT2D eigenvalue weighted by Crippen LogP contribution is -2.37. The van der Waals surface area contributed by atoms with E-state index in [-0.39, 0.29) is 30.0 Å². The van der Waals surface area contributed by atoms with Crippen LogP contribution in [0.1, 0.15) is 24.9 Å². The minimum absolute atomic E-state index is 0. The number of hydrogen-bond acceptors (Lipinski definition) is 3. The fraction of sp³-hybridized carbons (Fsp3) is 0.500. The normalized spacial score (nSPS) is 19.3. The minimum atomic E-state index is 0. The molecule has 1 aliphatic rings. The Morgan fingerprint density at radius 3 is 3.05 bits per heavy atom. The van der Waals surface area contributed by atoms with Gasteiger partial charge in [0.15, 0.2) is 5.96 Å². The number of halogens is 1. The van der Waals surface area contributed by atoms with E-state index in [4.69, 9.17) is 10.5 Å². The molecule has 0 aliphatic carbocycles. The first-order chi connectivity index (χ1) is 9.20. The summed E-state index contributed by atoms with van der Waals surface area (Å²) in [5, 5.41) is 3.78. The summed E-state index contributed by atoms with van der Waals surface area (Å²) in [5.74, 6) is 1.46. The highest BCUT2D eigenvalue weighted by molar-refractivity contribution is 14.0. The molecule has 1 aromatic rings. The number of fused-ring (bicyclic) bond motifs is 1. The van der Waals surface area contributed by atoms with Gasteiger partial charge in [-0.15, -0.1) is 24.0 Å². The molecule has 112 valence electrons. The van der Waals surface area contributed by atoms with Crippen molar-refractivity contribution in [3.05, 3.63) is 29.8 Å². The van der Waals surface area contributed by atoms with Crippen LogP contribution in [-0.2, 0) is 0 Å². The lowest BCUT2D eigenvalue weighted by atomic mass is 10.0. The van der Waals surface area contributed by atoms with Crippen molar-refractivity contribution in [2.24, 2.45) is 10.7 Å². The van der Waals surface area contributed by atoms with E-state index < -0.39 is 0 Å². The van der Waals surface area contributed by atoms with Gasteiger partial charge in [-0.05, 0) is 12.3 Å². The molecule has 0 spiro atoms. The first kappa shape index (κ1) is 17.4. The van der Waals surface area contributed by atoms with Crippen LogP contribution in [0.5, 0.6) is 5.75 Å². The lowest BCUT2D eigenvalue weighted by molar-refractivity contribution is 0.262. The first-order valence-electron chi connectivity index (χ1n) is 6.51. The Morgan fingerprint density at radius 2 is 2.30 bits per heavy atom. The third kappa shape index (κ3) is 4.73. The number of hydrogen-bond donors (Lipinski definition) is 2. The van der Waals surface area contributed by atoms with E-state index >= 15 is 0 Å². The Balaban J connectivity index is 0.00000200. The van der Waals surface area contributed by atoms with Crippen LogP contribution in [0.3, 0.4) is 0 Å². The smallest absolute Gasteiger partial charge is 0.189 e. The zero-order valence-electron chi connectivity index (χ0n) is 11.8. The molecule has 3 N–H and O–H groups in total. The molecular formula is C14H22IN3OS. The van der Waals surface area contributed by atoms with Gasteiger partial charge >= 0.3 is 0 Å². The summed E-state index contributed by atoms with van der Waals surface area (Å²) in [6.07, 6.45) is 2.99. The molecule has 0 aromatic heterocycles. The molecule has 2 unspecified atom stereocenters. The van der Waals surface area contributed by atoms with E-state index in [1.54, 1.807) is 11.8 Å². The molecule has 1 aliphatic heterocycles. The van der Waals surface area contributed by atoms with Crippen molar-refractivity contribution in [2.45, 2.75) is 24.6 Å². The largest absolute Gasteiger partial charge is 0.493 e. The standard InChI is InChI=1S/C14H21N3OS.HI/c1-10(19-2)9-16-14(15)17-12-7-8-18-13-6-4-3-5-11(12)13;/h3-6,10,12H,7-9H2,1-2H3,(H3,15,16,17);1H. The van der Waals surface area contributed by atoms with Gasteiger partial charge < -0.3 is 15.8 Å². The molecule has 6 heteroatoms. The zero-order chi connectivity index (χ0) is 13.7. The highest BCUT2D eigenvalue weighted by Crippen LogP contribution is 2.31. The zero-order valence-corrected chi connectivity index (χ0v) is 15.0. The predicted octanol–water partition coefficient (Wildman–Crippen LogP) is 2.78. The molecule has 0 radical (unpaired) electrons. The fourth-order valence-corrected chi connectivity index (χ4v) is 2.24. The maximum absolute atomic E-state index is 5.95. The summed E-state index contributed by atoms with van der Waals surface area (Å²) in [6.45, 7) is 3.60. The summed E-state index contributed by atoms with van der Waals surface area (Å²) in [7, 11) is 0. The third-order valence-corrected chi connectivity index (χ3v) is 4.16. The topological polar surface area (TPSA) is 59.6 Å². The Hall–Kier alpha value is -0.630. The number of benzene rings is 1. The molecule has 0 amide bonds. The SMILES string of the molecule is CSC(C)CN=C(N)NC1CCOc2ccccc21.I. The monoisotopic (exact) mass is 407 g/mol. The fourth-order valence-electron chi connectivity index (χ4n) is 2.02. The van der Waals surface area contributed by atoms with E-state index in [1.165, 1.54) is 0 Å². The van der Waals surface area contributed by atoms with Crippen molar-refractivity contribution in [2.75, 3.05) is 19.4 Å². The van der Waals surface area contributed by atoms with Crippen molar-refractivity contribution in [3.8, 4) is 5.75 Å². The van der Waals surface area contributed by atoms with Crippen molar-refractivity contribution in [3.63, 3.8) is 0 Å². The van der Waals surface area contributed by atoms with Gasteiger partial charge in [0.25, 0.3) is 0 Å². The summed E-state index contributed by atoms with van der Waals surface area (Å²) in [5.41, 5.74) is 7.11. The number of nitrogens with zero attached hydrogens (tertiary/aromatic N) is 1. The number of aliphatic imine (C=N–C) groups is 1. The summed E-state index contributed by atoms with van der Waals surface area (Å²) >= 11 is 1.79. The molecule has 0 saturated heterocycles. The molecule has 0 fully saturated rings. The van der Waals surface area contributed by atoms with Gasteiger partial charge in [-0.1, -0.05) is 25.1 Å².